The van der Waals surface area contributed by atoms with E-state index in [1.165, 1.54) is 11.0 Å². The molecule has 3 aromatic rings. The van der Waals surface area contributed by atoms with Gasteiger partial charge in [-0.3, -0.25) is 14.5 Å². The maximum Gasteiger partial charge on any atom is 0.281 e. The molecular formula is C26H29FN4O2S. The summed E-state index contributed by atoms with van der Waals surface area (Å²) in [5.74, 6) is -1.22. The van der Waals surface area contributed by atoms with E-state index in [-0.39, 0.29) is 17.6 Å². The first-order chi connectivity index (χ1) is 16.3. The summed E-state index contributed by atoms with van der Waals surface area (Å²) in [5.41, 5.74) is 2.53. The summed E-state index contributed by atoms with van der Waals surface area (Å²) < 4.78 is 18.6. The molecule has 0 radical (unpaired) electrons. The number of nitrogens with zero attached hydrogens (tertiary/aromatic N) is 3. The minimum atomic E-state index is -0.988. The number of hydrogen-bond acceptors (Lipinski definition) is 5. The lowest BCUT2D eigenvalue weighted by Gasteiger charge is -2.33. The highest BCUT2D eigenvalue weighted by molar-refractivity contribution is 7.05. The number of carbonyl (C=O) groups excluding carboxylic acids is 2. The summed E-state index contributed by atoms with van der Waals surface area (Å²) in [7, 11) is 0. The van der Waals surface area contributed by atoms with E-state index in [0.717, 1.165) is 49.2 Å². The summed E-state index contributed by atoms with van der Waals surface area (Å²) in [6.45, 7) is 5.36. The maximum atomic E-state index is 14.7. The number of aromatic nitrogens is 2. The topological polar surface area (TPSA) is 75.2 Å². The van der Waals surface area contributed by atoms with Crippen molar-refractivity contribution in [1.29, 1.82) is 0 Å². The zero-order valence-corrected chi connectivity index (χ0v) is 20.5. The summed E-state index contributed by atoms with van der Waals surface area (Å²) in [5, 5.41) is 7.19. The second kappa shape index (κ2) is 10.4. The van der Waals surface area contributed by atoms with E-state index in [2.05, 4.69) is 14.9 Å². The molecular weight excluding hydrogens is 451 g/mol. The van der Waals surface area contributed by atoms with Crippen LogP contribution >= 0.6 is 11.5 Å². The number of aryl methyl sites for hydroxylation is 3. The highest BCUT2D eigenvalue weighted by atomic mass is 32.1. The number of carbonyl (C=O) groups is 2. The second-order valence-electron chi connectivity index (χ2n) is 8.95. The fraction of sp³-hybridized carbons (Fsp3) is 0.385. The van der Waals surface area contributed by atoms with Crippen LogP contribution in [0, 0.1) is 26.6 Å². The molecule has 0 spiro atoms. The van der Waals surface area contributed by atoms with Crippen molar-refractivity contribution in [1.82, 2.24) is 14.9 Å². The number of amides is 2. The summed E-state index contributed by atoms with van der Waals surface area (Å²) >= 11 is 1.11. The van der Waals surface area contributed by atoms with E-state index >= 15 is 0 Å². The van der Waals surface area contributed by atoms with Crippen molar-refractivity contribution < 1.29 is 14.0 Å². The summed E-state index contributed by atoms with van der Waals surface area (Å²) in [4.78, 5) is 29.7. The van der Waals surface area contributed by atoms with Crippen molar-refractivity contribution in [3.63, 3.8) is 0 Å². The van der Waals surface area contributed by atoms with Crippen LogP contribution in [0.3, 0.4) is 0 Å². The molecule has 0 saturated heterocycles. The van der Waals surface area contributed by atoms with Crippen LogP contribution in [0.4, 0.5) is 10.1 Å². The van der Waals surface area contributed by atoms with Crippen molar-refractivity contribution in [3.05, 3.63) is 75.5 Å². The molecule has 1 N–H and O–H groups in total. The molecule has 2 amide bonds. The van der Waals surface area contributed by atoms with E-state index in [4.69, 9.17) is 0 Å². The van der Waals surface area contributed by atoms with Crippen molar-refractivity contribution >= 4 is 29.0 Å². The van der Waals surface area contributed by atoms with E-state index in [0.29, 0.717) is 21.7 Å². The van der Waals surface area contributed by atoms with Gasteiger partial charge in [0, 0.05) is 11.7 Å². The number of benzene rings is 2. The van der Waals surface area contributed by atoms with Gasteiger partial charge in [-0.1, -0.05) is 59.6 Å². The van der Waals surface area contributed by atoms with Gasteiger partial charge in [0.1, 0.15) is 11.9 Å². The minimum absolute atomic E-state index is 0.0583. The largest absolute Gasteiger partial charge is 0.351 e. The van der Waals surface area contributed by atoms with Crippen LogP contribution in [0.25, 0.3) is 0 Å². The monoisotopic (exact) mass is 480 g/mol. The summed E-state index contributed by atoms with van der Waals surface area (Å²) in [6.07, 6.45) is 5.12. The van der Waals surface area contributed by atoms with E-state index < -0.39 is 17.8 Å². The molecule has 34 heavy (non-hydrogen) atoms. The predicted octanol–water partition coefficient (Wildman–Crippen LogP) is 5.44. The average molecular weight is 481 g/mol. The predicted molar refractivity (Wildman–Crippen MR) is 132 cm³/mol. The normalized spacial score (nSPS) is 15.1. The Kier molecular flexibility index (Phi) is 7.36. The quantitative estimate of drug-likeness (QED) is 0.510. The Hall–Kier alpha value is -3.13. The SMILES string of the molecule is Cc1cccc(C(C(=O)NC2CCCCC2)N(C(=O)c2nnsc2C)c2ccc(C)c(F)c2)c1. The van der Waals surface area contributed by atoms with Gasteiger partial charge in [0.05, 0.1) is 4.88 Å². The molecule has 1 atom stereocenters. The maximum absolute atomic E-state index is 14.7. The number of halogens is 1. The molecule has 1 heterocycles. The first-order valence-corrected chi connectivity index (χ1v) is 12.4. The fourth-order valence-electron chi connectivity index (χ4n) is 4.44. The highest BCUT2D eigenvalue weighted by Crippen LogP contribution is 2.32. The molecule has 8 heteroatoms. The van der Waals surface area contributed by atoms with E-state index in [9.17, 15) is 14.0 Å². The van der Waals surface area contributed by atoms with Gasteiger partial charge in [-0.15, -0.1) is 5.10 Å². The van der Waals surface area contributed by atoms with E-state index in [1.54, 1.807) is 26.0 Å². The Morgan fingerprint density at radius 2 is 1.85 bits per heavy atom. The lowest BCUT2D eigenvalue weighted by atomic mass is 9.94. The Balaban J connectivity index is 1.84. The fourth-order valence-corrected chi connectivity index (χ4v) is 4.90. The molecule has 4 rings (SSSR count). The van der Waals surface area contributed by atoms with Crippen molar-refractivity contribution in [2.45, 2.75) is 65.0 Å². The molecule has 1 aliphatic rings. The molecule has 1 aliphatic carbocycles. The Morgan fingerprint density at radius 3 is 2.50 bits per heavy atom. The van der Waals surface area contributed by atoms with Gasteiger partial charge >= 0.3 is 0 Å². The van der Waals surface area contributed by atoms with Gasteiger partial charge < -0.3 is 5.32 Å². The standard InChI is InChI=1S/C26H29FN4O2S/c1-16-8-7-9-19(14-16)24(25(32)28-20-10-5-4-6-11-20)31(21-13-12-17(2)22(27)15-21)26(33)23-18(3)34-30-29-23/h7-9,12-15,20,24H,4-6,10-11H2,1-3H3,(H,28,32). The smallest absolute Gasteiger partial charge is 0.281 e. The van der Waals surface area contributed by atoms with Crippen LogP contribution in [-0.2, 0) is 4.79 Å². The second-order valence-corrected chi connectivity index (χ2v) is 9.90. The first kappa shape index (κ1) is 24.0. The lowest BCUT2D eigenvalue weighted by molar-refractivity contribution is -0.123. The van der Waals surface area contributed by atoms with Gasteiger partial charge in [-0.2, -0.15) is 0 Å². The third kappa shape index (κ3) is 5.17. The van der Waals surface area contributed by atoms with Crippen LogP contribution in [0.2, 0.25) is 0 Å². The van der Waals surface area contributed by atoms with Gasteiger partial charge in [-0.25, -0.2) is 4.39 Å². The molecule has 1 unspecified atom stereocenters. The molecule has 2 aromatic carbocycles. The van der Waals surface area contributed by atoms with Gasteiger partial charge in [0.2, 0.25) is 5.91 Å². The zero-order chi connectivity index (χ0) is 24.2. The zero-order valence-electron chi connectivity index (χ0n) is 19.7. The molecule has 178 valence electrons. The van der Waals surface area contributed by atoms with E-state index in [1.807, 2.05) is 31.2 Å². The lowest BCUT2D eigenvalue weighted by Crippen LogP contribution is -2.47. The van der Waals surface area contributed by atoms with Crippen molar-refractivity contribution in [3.8, 4) is 0 Å². The van der Waals surface area contributed by atoms with Crippen LogP contribution in [0.5, 0.6) is 0 Å². The third-order valence-corrected chi connectivity index (χ3v) is 6.95. The molecule has 0 bridgehead atoms. The van der Waals surface area contributed by atoms with Gasteiger partial charge in [0.25, 0.3) is 5.91 Å². The van der Waals surface area contributed by atoms with Crippen molar-refractivity contribution in [2.75, 3.05) is 4.90 Å². The summed E-state index contributed by atoms with van der Waals surface area (Å²) in [6, 6.07) is 11.2. The average Bonchev–Trinajstić information content (AvgIpc) is 3.25. The molecule has 1 saturated carbocycles. The number of rotatable bonds is 6. The Bertz CT molecular complexity index is 1190. The highest BCUT2D eigenvalue weighted by Gasteiger charge is 2.36. The Morgan fingerprint density at radius 1 is 1.09 bits per heavy atom. The van der Waals surface area contributed by atoms with Gasteiger partial charge in [0.15, 0.2) is 5.69 Å². The number of nitrogens with one attached hydrogen (secondary N) is 1. The van der Waals surface area contributed by atoms with Crippen LogP contribution < -0.4 is 10.2 Å². The molecule has 6 nitrogen and oxygen atoms in total. The number of hydrogen-bond donors (Lipinski definition) is 1. The molecule has 1 fully saturated rings. The third-order valence-electron chi connectivity index (χ3n) is 6.32. The first-order valence-electron chi connectivity index (χ1n) is 11.6. The van der Waals surface area contributed by atoms with Crippen LogP contribution in [-0.4, -0.2) is 27.4 Å². The Labute approximate surface area is 203 Å². The van der Waals surface area contributed by atoms with Crippen LogP contribution in [0.15, 0.2) is 42.5 Å². The molecule has 0 aliphatic heterocycles. The number of anilines is 1. The van der Waals surface area contributed by atoms with Crippen molar-refractivity contribution in [2.24, 2.45) is 0 Å². The van der Waals surface area contributed by atoms with Gasteiger partial charge in [-0.05, 0) is 68.4 Å². The minimum Gasteiger partial charge on any atom is -0.351 e. The van der Waals surface area contributed by atoms with Crippen LogP contribution in [0.1, 0.15) is 70.2 Å². The molecule has 1 aromatic heterocycles.